The number of hydrogen-bond acceptors (Lipinski definition) is 6. The van der Waals surface area contributed by atoms with Crippen molar-refractivity contribution in [2.24, 2.45) is 0 Å². The predicted octanol–water partition coefficient (Wildman–Crippen LogP) is 3.45. The summed E-state index contributed by atoms with van der Waals surface area (Å²) in [6.45, 7) is 0.725. The summed E-state index contributed by atoms with van der Waals surface area (Å²) in [5.74, 6) is 1.63. The Bertz CT molecular complexity index is 850. The summed E-state index contributed by atoms with van der Waals surface area (Å²) >= 11 is 1.48. The number of pyridine rings is 1. The third kappa shape index (κ3) is 3.65. The minimum atomic E-state index is -0.0729. The first-order chi connectivity index (χ1) is 12.8. The lowest BCUT2D eigenvalue weighted by atomic mass is 9.98. The van der Waals surface area contributed by atoms with Crippen LogP contribution in [0.5, 0.6) is 0 Å². The van der Waals surface area contributed by atoms with Gasteiger partial charge in [-0.15, -0.1) is 0 Å². The fourth-order valence-electron chi connectivity index (χ4n) is 3.17. The fraction of sp³-hybridized carbons (Fsp3) is 0.333. The van der Waals surface area contributed by atoms with E-state index < -0.39 is 0 Å². The lowest BCUT2D eigenvalue weighted by molar-refractivity contribution is 0.0572. The van der Waals surface area contributed by atoms with E-state index in [9.17, 15) is 4.79 Å². The number of carbonyl (C=O) groups excluding carboxylic acids is 1. The number of rotatable bonds is 5. The summed E-state index contributed by atoms with van der Waals surface area (Å²) in [6.07, 6.45) is 6.27. The molecule has 8 heteroatoms. The molecule has 26 heavy (non-hydrogen) atoms. The third-order valence-corrected chi connectivity index (χ3v) is 5.31. The molecule has 0 spiro atoms. The van der Waals surface area contributed by atoms with Crippen LogP contribution < -0.4 is 0 Å². The number of piperidine rings is 1. The average molecular weight is 369 g/mol. The van der Waals surface area contributed by atoms with Crippen LogP contribution in [-0.4, -0.2) is 37.5 Å². The molecule has 134 valence electrons. The van der Waals surface area contributed by atoms with Crippen LogP contribution in [0.2, 0.25) is 0 Å². The summed E-state index contributed by atoms with van der Waals surface area (Å²) in [5, 5.41) is 7.33. The Morgan fingerprint density at radius 2 is 2.23 bits per heavy atom. The van der Waals surface area contributed by atoms with Crippen LogP contribution >= 0.6 is 11.8 Å². The van der Waals surface area contributed by atoms with Crippen LogP contribution in [0.15, 0.2) is 52.4 Å². The zero-order valence-electron chi connectivity index (χ0n) is 14.2. The highest BCUT2D eigenvalue weighted by Gasteiger charge is 2.31. The summed E-state index contributed by atoms with van der Waals surface area (Å²) < 4.78 is 5.79. The van der Waals surface area contributed by atoms with E-state index in [2.05, 4.69) is 20.2 Å². The van der Waals surface area contributed by atoms with Gasteiger partial charge >= 0.3 is 0 Å². The Morgan fingerprint density at radius 3 is 3.04 bits per heavy atom. The maximum Gasteiger partial charge on any atom is 0.290 e. The van der Waals surface area contributed by atoms with E-state index in [-0.39, 0.29) is 11.9 Å². The second-order valence-electron chi connectivity index (χ2n) is 6.11. The monoisotopic (exact) mass is 369 g/mol. The number of carbonyl (C=O) groups is 1. The molecule has 7 nitrogen and oxygen atoms in total. The van der Waals surface area contributed by atoms with E-state index in [1.54, 1.807) is 12.3 Å². The molecule has 1 aliphatic rings. The van der Waals surface area contributed by atoms with Gasteiger partial charge in [-0.1, -0.05) is 17.8 Å². The van der Waals surface area contributed by atoms with Crippen molar-refractivity contribution in [2.75, 3.05) is 6.54 Å². The number of furan rings is 1. The van der Waals surface area contributed by atoms with Crippen LogP contribution in [0.1, 0.15) is 47.3 Å². The third-order valence-electron chi connectivity index (χ3n) is 4.41. The van der Waals surface area contributed by atoms with E-state index in [4.69, 9.17) is 4.42 Å². The highest BCUT2D eigenvalue weighted by atomic mass is 32.2. The number of nitrogens with one attached hydrogen (secondary N) is 1. The van der Waals surface area contributed by atoms with Crippen LogP contribution in [0.25, 0.3) is 0 Å². The van der Waals surface area contributed by atoms with Crippen molar-refractivity contribution in [1.82, 2.24) is 25.1 Å². The number of aromatic nitrogens is 4. The van der Waals surface area contributed by atoms with E-state index in [0.29, 0.717) is 11.5 Å². The van der Waals surface area contributed by atoms with Gasteiger partial charge in [0, 0.05) is 12.7 Å². The van der Waals surface area contributed by atoms with Crippen molar-refractivity contribution in [3.63, 3.8) is 0 Å². The van der Waals surface area contributed by atoms with Crippen molar-refractivity contribution >= 4 is 17.7 Å². The Balaban J connectivity index is 1.47. The molecule has 4 heterocycles. The van der Waals surface area contributed by atoms with Crippen LogP contribution in [-0.2, 0) is 5.75 Å². The predicted molar refractivity (Wildman–Crippen MR) is 96.5 cm³/mol. The number of thioether (sulfide) groups is 1. The van der Waals surface area contributed by atoms with Gasteiger partial charge in [0.2, 0.25) is 0 Å². The molecule has 4 rings (SSSR count). The van der Waals surface area contributed by atoms with Gasteiger partial charge in [-0.3, -0.25) is 14.9 Å². The zero-order chi connectivity index (χ0) is 17.8. The molecule has 1 saturated heterocycles. The van der Waals surface area contributed by atoms with Crippen LogP contribution in [0.4, 0.5) is 0 Å². The quantitative estimate of drug-likeness (QED) is 0.693. The lowest BCUT2D eigenvalue weighted by Crippen LogP contribution is -2.38. The Labute approximate surface area is 155 Å². The van der Waals surface area contributed by atoms with Gasteiger partial charge in [0.05, 0.1) is 17.5 Å². The van der Waals surface area contributed by atoms with Gasteiger partial charge in [0.15, 0.2) is 10.9 Å². The Kier molecular flexibility index (Phi) is 5.01. The highest BCUT2D eigenvalue weighted by molar-refractivity contribution is 7.98. The molecule has 0 aliphatic carbocycles. The number of aromatic amines is 1. The molecular formula is C18H19N5O2S. The smallest absolute Gasteiger partial charge is 0.290 e. The van der Waals surface area contributed by atoms with Crippen molar-refractivity contribution in [3.8, 4) is 0 Å². The topological polar surface area (TPSA) is 87.9 Å². The molecule has 0 radical (unpaired) electrons. The second-order valence-corrected chi connectivity index (χ2v) is 7.07. The molecule has 1 amide bonds. The van der Waals surface area contributed by atoms with Crippen LogP contribution in [0, 0.1) is 0 Å². The van der Waals surface area contributed by atoms with Crippen LogP contribution in [0.3, 0.4) is 0 Å². The van der Waals surface area contributed by atoms with Crippen molar-refractivity contribution in [1.29, 1.82) is 0 Å². The van der Waals surface area contributed by atoms with Gasteiger partial charge in [0.25, 0.3) is 5.91 Å². The number of likely N-dealkylation sites (tertiary alicyclic amines) is 1. The molecule has 0 bridgehead atoms. The highest BCUT2D eigenvalue weighted by Crippen LogP contribution is 2.31. The summed E-state index contributed by atoms with van der Waals surface area (Å²) in [6, 6.07) is 9.45. The number of hydrogen-bond donors (Lipinski definition) is 1. The minimum absolute atomic E-state index is 0.00886. The molecule has 1 N–H and O–H groups in total. The molecule has 3 aromatic heterocycles. The molecule has 3 aromatic rings. The molecule has 1 atom stereocenters. The van der Waals surface area contributed by atoms with E-state index >= 15 is 0 Å². The molecule has 0 saturated carbocycles. The molecule has 0 unspecified atom stereocenters. The SMILES string of the molecule is O=C(c1ccc(CSc2ncn[nH]2)o1)N1CCCC[C@H]1c1ccccn1. The van der Waals surface area contributed by atoms with Crippen molar-refractivity contribution in [2.45, 2.75) is 36.2 Å². The Hall–Kier alpha value is -2.61. The zero-order valence-corrected chi connectivity index (χ0v) is 15.0. The van der Waals surface area contributed by atoms with Gasteiger partial charge in [-0.2, -0.15) is 5.10 Å². The van der Waals surface area contributed by atoms with Gasteiger partial charge in [-0.25, -0.2) is 4.98 Å². The molecule has 1 aliphatic heterocycles. The second kappa shape index (κ2) is 7.74. The number of H-pyrrole nitrogens is 1. The number of amides is 1. The summed E-state index contributed by atoms with van der Waals surface area (Å²) in [5.41, 5.74) is 0.938. The van der Waals surface area contributed by atoms with Gasteiger partial charge < -0.3 is 9.32 Å². The summed E-state index contributed by atoms with van der Waals surface area (Å²) in [7, 11) is 0. The molecule has 1 fully saturated rings. The average Bonchev–Trinajstić information content (AvgIpc) is 3.38. The van der Waals surface area contributed by atoms with Crippen molar-refractivity contribution < 1.29 is 9.21 Å². The fourth-order valence-corrected chi connectivity index (χ4v) is 3.84. The largest absolute Gasteiger partial charge is 0.455 e. The Morgan fingerprint density at radius 1 is 1.27 bits per heavy atom. The van der Waals surface area contributed by atoms with Gasteiger partial charge in [-0.05, 0) is 43.5 Å². The molecular weight excluding hydrogens is 350 g/mol. The minimum Gasteiger partial charge on any atom is -0.455 e. The van der Waals surface area contributed by atoms with Gasteiger partial charge in [0.1, 0.15) is 12.1 Å². The normalized spacial score (nSPS) is 17.4. The summed E-state index contributed by atoms with van der Waals surface area (Å²) in [4.78, 5) is 23.4. The maximum absolute atomic E-state index is 13.0. The van der Waals surface area contributed by atoms with E-state index in [1.807, 2.05) is 29.2 Å². The van der Waals surface area contributed by atoms with E-state index in [0.717, 1.165) is 42.4 Å². The number of nitrogens with zero attached hydrogens (tertiary/aromatic N) is 4. The first-order valence-electron chi connectivity index (χ1n) is 8.60. The first kappa shape index (κ1) is 16.8. The standard InChI is InChI=1S/C18H19N5O2S/c24-17(16-8-7-13(25-16)11-26-18-20-12-21-22-18)23-10-4-2-6-15(23)14-5-1-3-9-19-14/h1,3,5,7-9,12,15H,2,4,6,10-11H2,(H,20,21,22)/t15-/m0/s1. The van der Waals surface area contributed by atoms with E-state index in [1.165, 1.54) is 18.1 Å². The first-order valence-corrected chi connectivity index (χ1v) is 9.58. The maximum atomic E-state index is 13.0. The lowest BCUT2D eigenvalue weighted by Gasteiger charge is -2.34. The molecule has 0 aromatic carbocycles. The van der Waals surface area contributed by atoms with Crippen molar-refractivity contribution in [3.05, 3.63) is 60.1 Å².